The summed E-state index contributed by atoms with van der Waals surface area (Å²) >= 11 is 0. The maximum absolute atomic E-state index is 9.21. The molecule has 18 heavy (non-hydrogen) atoms. The number of hydrogen-bond donors (Lipinski definition) is 2. The average molecular weight is 248 g/mol. The van der Waals surface area contributed by atoms with Gasteiger partial charge in [0, 0.05) is 43.0 Å². The summed E-state index contributed by atoms with van der Waals surface area (Å²) in [6, 6.07) is 8.61. The first-order valence-electron chi connectivity index (χ1n) is 6.80. The van der Waals surface area contributed by atoms with Crippen LogP contribution in [0.2, 0.25) is 0 Å². The molecule has 2 rings (SSSR count). The normalized spacial score (nSPS) is 16.1. The molecule has 1 fully saturated rings. The molecule has 0 atom stereocenters. The molecule has 1 saturated heterocycles. The fraction of sp³-hybridized carbons (Fsp3) is 0.600. The lowest BCUT2D eigenvalue weighted by Gasteiger charge is -2.23. The van der Waals surface area contributed by atoms with Crippen LogP contribution >= 0.6 is 0 Å². The van der Waals surface area contributed by atoms with E-state index in [0.29, 0.717) is 0 Å². The van der Waals surface area contributed by atoms with Crippen molar-refractivity contribution in [3.8, 4) is 0 Å². The maximum atomic E-state index is 9.21. The summed E-state index contributed by atoms with van der Waals surface area (Å²) in [5.74, 6) is 0. The predicted octanol–water partition coefficient (Wildman–Crippen LogP) is 2.72. The second kappa shape index (κ2) is 5.61. The van der Waals surface area contributed by atoms with Crippen LogP contribution in [0.25, 0.3) is 0 Å². The molecule has 0 unspecified atom stereocenters. The molecule has 0 radical (unpaired) electrons. The minimum Gasteiger partial charge on any atom is -0.396 e. The lowest BCUT2D eigenvalue weighted by molar-refractivity contribution is 0.171. The van der Waals surface area contributed by atoms with Crippen LogP contribution in [0.3, 0.4) is 0 Å². The zero-order valence-corrected chi connectivity index (χ0v) is 11.4. The highest BCUT2D eigenvalue weighted by atomic mass is 16.3. The molecule has 3 nitrogen and oxygen atoms in total. The van der Waals surface area contributed by atoms with Crippen LogP contribution in [-0.2, 0) is 0 Å². The molecule has 1 aromatic rings. The van der Waals surface area contributed by atoms with E-state index in [1.807, 2.05) is 0 Å². The van der Waals surface area contributed by atoms with E-state index >= 15 is 0 Å². The fourth-order valence-corrected chi connectivity index (χ4v) is 2.16. The molecule has 2 N–H and O–H groups in total. The Morgan fingerprint density at radius 2 is 1.78 bits per heavy atom. The van der Waals surface area contributed by atoms with Gasteiger partial charge in [-0.2, -0.15) is 0 Å². The first-order chi connectivity index (χ1) is 8.61. The molecule has 0 bridgehead atoms. The van der Waals surface area contributed by atoms with Crippen molar-refractivity contribution in [2.24, 2.45) is 5.41 Å². The number of anilines is 2. The quantitative estimate of drug-likeness (QED) is 0.841. The molecule has 0 amide bonds. The van der Waals surface area contributed by atoms with E-state index in [1.54, 1.807) is 0 Å². The molecule has 0 aliphatic carbocycles. The molecule has 0 saturated carbocycles. The van der Waals surface area contributed by atoms with Gasteiger partial charge in [-0.1, -0.05) is 13.8 Å². The van der Waals surface area contributed by atoms with E-state index < -0.39 is 0 Å². The minimum absolute atomic E-state index is 0.0758. The van der Waals surface area contributed by atoms with Crippen LogP contribution in [0.4, 0.5) is 11.4 Å². The minimum atomic E-state index is -0.0758. The van der Waals surface area contributed by atoms with Crippen molar-refractivity contribution in [3.05, 3.63) is 24.3 Å². The third-order valence-electron chi connectivity index (χ3n) is 3.54. The summed E-state index contributed by atoms with van der Waals surface area (Å²) in [7, 11) is 0. The SMILES string of the molecule is CC(C)(CO)CNc1ccc(N2CCCC2)cc1. The second-order valence-corrected chi connectivity index (χ2v) is 5.92. The Morgan fingerprint density at radius 3 is 2.33 bits per heavy atom. The van der Waals surface area contributed by atoms with Crippen LogP contribution in [0, 0.1) is 5.41 Å². The fourth-order valence-electron chi connectivity index (χ4n) is 2.16. The highest BCUT2D eigenvalue weighted by molar-refractivity contribution is 5.55. The summed E-state index contributed by atoms with van der Waals surface area (Å²) in [6.45, 7) is 7.46. The summed E-state index contributed by atoms with van der Waals surface area (Å²) in [5.41, 5.74) is 2.37. The van der Waals surface area contributed by atoms with Gasteiger partial charge in [0.1, 0.15) is 0 Å². The standard InChI is InChI=1S/C15H24N2O/c1-15(2,12-18)11-16-13-5-7-14(8-6-13)17-9-3-4-10-17/h5-8,16,18H,3-4,9-12H2,1-2H3. The van der Waals surface area contributed by atoms with Gasteiger partial charge >= 0.3 is 0 Å². The van der Waals surface area contributed by atoms with Gasteiger partial charge in [-0.05, 0) is 37.1 Å². The Hall–Kier alpha value is -1.22. The summed E-state index contributed by atoms with van der Waals surface area (Å²) in [6.07, 6.45) is 2.62. The Morgan fingerprint density at radius 1 is 1.17 bits per heavy atom. The zero-order valence-electron chi connectivity index (χ0n) is 11.4. The van der Waals surface area contributed by atoms with Crippen molar-refractivity contribution in [1.29, 1.82) is 0 Å². The molecule has 0 aromatic heterocycles. The van der Waals surface area contributed by atoms with Crippen molar-refractivity contribution >= 4 is 11.4 Å². The van der Waals surface area contributed by atoms with E-state index in [4.69, 9.17) is 0 Å². The van der Waals surface area contributed by atoms with Gasteiger partial charge in [-0.15, -0.1) is 0 Å². The predicted molar refractivity (Wildman–Crippen MR) is 77.2 cm³/mol. The Labute approximate surface area is 110 Å². The molecule has 1 aromatic carbocycles. The number of hydrogen-bond acceptors (Lipinski definition) is 3. The first kappa shape index (κ1) is 13.2. The number of aliphatic hydroxyl groups excluding tert-OH is 1. The van der Waals surface area contributed by atoms with E-state index in [0.717, 1.165) is 12.2 Å². The Balaban J connectivity index is 1.91. The average Bonchev–Trinajstić information content (AvgIpc) is 2.91. The van der Waals surface area contributed by atoms with Gasteiger partial charge in [0.2, 0.25) is 0 Å². The summed E-state index contributed by atoms with van der Waals surface area (Å²) in [5, 5.41) is 12.6. The summed E-state index contributed by atoms with van der Waals surface area (Å²) < 4.78 is 0. The van der Waals surface area contributed by atoms with Crippen molar-refractivity contribution in [2.75, 3.05) is 36.5 Å². The summed E-state index contributed by atoms with van der Waals surface area (Å²) in [4.78, 5) is 2.43. The highest BCUT2D eigenvalue weighted by Crippen LogP contribution is 2.23. The molecule has 1 heterocycles. The van der Waals surface area contributed by atoms with Crippen LogP contribution in [0.1, 0.15) is 26.7 Å². The van der Waals surface area contributed by atoms with Crippen LogP contribution in [0.15, 0.2) is 24.3 Å². The number of benzene rings is 1. The molecule has 1 aliphatic rings. The highest BCUT2D eigenvalue weighted by Gasteiger charge is 2.16. The van der Waals surface area contributed by atoms with Crippen molar-refractivity contribution in [2.45, 2.75) is 26.7 Å². The lowest BCUT2D eigenvalue weighted by atomic mass is 9.95. The molecular weight excluding hydrogens is 224 g/mol. The van der Waals surface area contributed by atoms with Gasteiger partial charge in [0.05, 0.1) is 0 Å². The van der Waals surface area contributed by atoms with Gasteiger partial charge in [0.25, 0.3) is 0 Å². The molecular formula is C15H24N2O. The van der Waals surface area contributed by atoms with Crippen LogP contribution in [0.5, 0.6) is 0 Å². The zero-order chi connectivity index (χ0) is 13.0. The van der Waals surface area contributed by atoms with Gasteiger partial charge in [-0.3, -0.25) is 0 Å². The Bertz CT molecular complexity index is 367. The Kier molecular flexibility index (Phi) is 4.12. The molecule has 3 heteroatoms. The molecule has 1 aliphatic heterocycles. The lowest BCUT2D eigenvalue weighted by Crippen LogP contribution is -2.26. The second-order valence-electron chi connectivity index (χ2n) is 5.92. The third kappa shape index (κ3) is 3.39. The van der Waals surface area contributed by atoms with Gasteiger partial charge < -0.3 is 15.3 Å². The largest absolute Gasteiger partial charge is 0.396 e. The monoisotopic (exact) mass is 248 g/mol. The molecule has 0 spiro atoms. The third-order valence-corrected chi connectivity index (χ3v) is 3.54. The molecule has 100 valence electrons. The van der Waals surface area contributed by atoms with Gasteiger partial charge in [0.15, 0.2) is 0 Å². The van der Waals surface area contributed by atoms with Crippen molar-refractivity contribution in [1.82, 2.24) is 0 Å². The number of rotatable bonds is 5. The number of nitrogens with one attached hydrogen (secondary N) is 1. The van der Waals surface area contributed by atoms with Gasteiger partial charge in [-0.25, -0.2) is 0 Å². The van der Waals surface area contributed by atoms with E-state index in [-0.39, 0.29) is 12.0 Å². The van der Waals surface area contributed by atoms with Crippen molar-refractivity contribution < 1.29 is 5.11 Å². The van der Waals surface area contributed by atoms with E-state index in [2.05, 4.69) is 48.3 Å². The van der Waals surface area contributed by atoms with Crippen molar-refractivity contribution in [3.63, 3.8) is 0 Å². The topological polar surface area (TPSA) is 35.5 Å². The number of aliphatic hydroxyl groups is 1. The number of nitrogens with zero attached hydrogens (tertiary/aromatic N) is 1. The van der Waals surface area contributed by atoms with Crippen LogP contribution < -0.4 is 10.2 Å². The van der Waals surface area contributed by atoms with Crippen LogP contribution in [-0.4, -0.2) is 31.3 Å². The maximum Gasteiger partial charge on any atom is 0.0498 e. The smallest absolute Gasteiger partial charge is 0.0498 e. The van der Waals surface area contributed by atoms with E-state index in [9.17, 15) is 5.11 Å². The van der Waals surface area contributed by atoms with E-state index in [1.165, 1.54) is 31.6 Å². The first-order valence-corrected chi connectivity index (χ1v) is 6.80.